The van der Waals surface area contributed by atoms with Crippen molar-refractivity contribution in [3.8, 4) is 11.3 Å². The molecule has 10 nitrogen and oxygen atoms in total. The van der Waals surface area contributed by atoms with Gasteiger partial charge in [0.05, 0.1) is 16.7 Å². The number of H-pyrrole nitrogens is 1. The number of fused-ring (bicyclic) bond motifs is 1. The molecule has 13 heteroatoms. The molecular formula is C28H30F3N9O. The summed E-state index contributed by atoms with van der Waals surface area (Å²) in [4.78, 5) is 39.1. The van der Waals surface area contributed by atoms with Gasteiger partial charge in [0.25, 0.3) is 0 Å². The Balaban J connectivity index is 1.09. The first-order chi connectivity index (χ1) is 19.8. The highest BCUT2D eigenvalue weighted by atomic mass is 19.4. The summed E-state index contributed by atoms with van der Waals surface area (Å²) >= 11 is 0. The maximum atomic E-state index is 12.5. The van der Waals surface area contributed by atoms with Crippen LogP contribution in [-0.4, -0.2) is 86.1 Å². The Kier molecular flexibility index (Phi) is 7.43. The Morgan fingerprint density at radius 3 is 2.49 bits per heavy atom. The zero-order chi connectivity index (χ0) is 28.4. The highest BCUT2D eigenvalue weighted by Crippen LogP contribution is 2.26. The van der Waals surface area contributed by atoms with E-state index in [1.807, 2.05) is 36.4 Å². The topological polar surface area (TPSA) is 106 Å². The molecule has 0 radical (unpaired) electrons. The van der Waals surface area contributed by atoms with Gasteiger partial charge in [-0.2, -0.15) is 13.2 Å². The molecule has 214 valence electrons. The summed E-state index contributed by atoms with van der Waals surface area (Å²) in [6.07, 6.45) is -0.0647. The Bertz CT molecular complexity index is 1530. The van der Waals surface area contributed by atoms with Crippen molar-refractivity contribution in [1.29, 1.82) is 0 Å². The molecule has 0 bridgehead atoms. The number of hydrogen-bond donors (Lipinski definition) is 2. The third kappa shape index (κ3) is 6.56. The van der Waals surface area contributed by atoms with Crippen LogP contribution in [0.4, 0.5) is 30.9 Å². The number of alkyl halides is 3. The van der Waals surface area contributed by atoms with Gasteiger partial charge in [-0.15, -0.1) is 0 Å². The number of aromatic nitrogens is 5. The first kappa shape index (κ1) is 26.9. The van der Waals surface area contributed by atoms with Gasteiger partial charge in [-0.3, -0.25) is 9.69 Å². The van der Waals surface area contributed by atoms with Crippen LogP contribution < -0.4 is 10.2 Å². The van der Waals surface area contributed by atoms with Gasteiger partial charge in [-0.25, -0.2) is 19.9 Å². The molecule has 2 aliphatic rings. The van der Waals surface area contributed by atoms with E-state index in [-0.39, 0.29) is 13.1 Å². The second-order valence-corrected chi connectivity index (χ2v) is 10.4. The number of rotatable bonds is 7. The number of piperazine rings is 1. The summed E-state index contributed by atoms with van der Waals surface area (Å²) in [6, 6.07) is 11.7. The van der Waals surface area contributed by atoms with Crippen LogP contribution in [0.5, 0.6) is 0 Å². The largest absolute Gasteiger partial charge is 0.397 e. The third-order valence-corrected chi connectivity index (χ3v) is 7.36. The molecule has 4 aromatic rings. The zero-order valence-corrected chi connectivity index (χ0v) is 22.4. The van der Waals surface area contributed by atoms with Crippen LogP contribution in [0.25, 0.3) is 22.3 Å². The summed E-state index contributed by atoms with van der Waals surface area (Å²) in [7, 11) is 0. The number of aromatic amines is 1. The van der Waals surface area contributed by atoms with Crippen LogP contribution in [0.15, 0.2) is 48.8 Å². The number of halogens is 3. The average Bonchev–Trinajstić information content (AvgIpc) is 3.63. The molecule has 2 saturated heterocycles. The van der Waals surface area contributed by atoms with E-state index in [2.05, 4.69) is 35.1 Å². The van der Waals surface area contributed by atoms with Crippen LogP contribution in [-0.2, 0) is 11.3 Å². The highest BCUT2D eigenvalue weighted by Gasteiger charge is 2.34. The summed E-state index contributed by atoms with van der Waals surface area (Å²) in [6.45, 7) is 4.13. The number of nitrogens with zero attached hydrogens (tertiary/aromatic N) is 7. The number of imidazole rings is 1. The van der Waals surface area contributed by atoms with Gasteiger partial charge in [0.1, 0.15) is 12.2 Å². The predicted octanol–water partition coefficient (Wildman–Crippen LogP) is 4.36. The molecule has 2 N–H and O–H groups in total. The van der Waals surface area contributed by atoms with E-state index in [9.17, 15) is 18.0 Å². The molecule has 6 rings (SSSR count). The van der Waals surface area contributed by atoms with Gasteiger partial charge in [0.15, 0.2) is 0 Å². The van der Waals surface area contributed by atoms with E-state index in [0.29, 0.717) is 31.4 Å². The normalized spacial score (nSPS) is 16.5. The standard InChI is InChI=1S/C28H30F3N9O/c29-28(30,31)17-25(41)39-13-11-38(12-14-39)18-19-5-7-32-24(15-19)37-26-34-22-4-3-20(16-23(22)35-26)21-6-8-33-27(36-21)40-9-1-2-10-40/h3-8,15-16H,1-2,9-14,17-18H2,(H2,32,34,35,37). The van der Waals surface area contributed by atoms with E-state index in [4.69, 9.17) is 4.98 Å². The van der Waals surface area contributed by atoms with Gasteiger partial charge in [-0.1, -0.05) is 6.07 Å². The minimum atomic E-state index is -4.48. The maximum absolute atomic E-state index is 12.5. The van der Waals surface area contributed by atoms with Crippen LogP contribution in [0, 0.1) is 0 Å². The number of pyridine rings is 1. The van der Waals surface area contributed by atoms with E-state index in [1.54, 1.807) is 12.4 Å². The summed E-state index contributed by atoms with van der Waals surface area (Å²) in [5.41, 5.74) is 4.48. The summed E-state index contributed by atoms with van der Waals surface area (Å²) < 4.78 is 37.6. The molecule has 0 spiro atoms. The molecule has 1 aromatic carbocycles. The Hall–Kier alpha value is -4.26. The molecule has 0 unspecified atom stereocenters. The minimum absolute atomic E-state index is 0.278. The van der Waals surface area contributed by atoms with Gasteiger partial charge in [-0.05, 0) is 48.7 Å². The quantitative estimate of drug-likeness (QED) is 0.341. The third-order valence-electron chi connectivity index (χ3n) is 7.36. The van der Waals surface area contributed by atoms with E-state index < -0.39 is 18.5 Å². The van der Waals surface area contributed by atoms with Crippen molar-refractivity contribution < 1.29 is 18.0 Å². The number of nitrogens with one attached hydrogen (secondary N) is 2. The number of benzene rings is 1. The molecular weight excluding hydrogens is 535 g/mol. The maximum Gasteiger partial charge on any atom is 0.397 e. The molecule has 3 aromatic heterocycles. The van der Waals surface area contributed by atoms with Crippen molar-refractivity contribution in [2.24, 2.45) is 0 Å². The van der Waals surface area contributed by atoms with Crippen LogP contribution >= 0.6 is 0 Å². The summed E-state index contributed by atoms with van der Waals surface area (Å²) in [5.74, 6) is 1.06. The van der Waals surface area contributed by atoms with E-state index >= 15 is 0 Å². The fourth-order valence-corrected chi connectivity index (χ4v) is 5.27. The van der Waals surface area contributed by atoms with E-state index in [1.165, 1.54) is 4.90 Å². The number of hydrogen-bond acceptors (Lipinski definition) is 8. The lowest BCUT2D eigenvalue weighted by molar-refractivity contribution is -0.162. The number of carbonyl (C=O) groups excluding carboxylic acids is 1. The van der Waals surface area contributed by atoms with Gasteiger partial charge >= 0.3 is 6.18 Å². The second kappa shape index (κ2) is 11.3. The predicted molar refractivity (Wildman–Crippen MR) is 149 cm³/mol. The molecule has 1 amide bonds. The zero-order valence-electron chi connectivity index (χ0n) is 22.4. The lowest BCUT2D eigenvalue weighted by Gasteiger charge is -2.35. The monoisotopic (exact) mass is 565 g/mol. The molecule has 41 heavy (non-hydrogen) atoms. The van der Waals surface area contributed by atoms with Crippen molar-refractivity contribution >= 4 is 34.7 Å². The highest BCUT2D eigenvalue weighted by molar-refractivity contribution is 5.83. The lowest BCUT2D eigenvalue weighted by atomic mass is 10.1. The molecule has 0 aliphatic carbocycles. The van der Waals surface area contributed by atoms with Crippen molar-refractivity contribution in [3.63, 3.8) is 0 Å². The van der Waals surface area contributed by atoms with Crippen molar-refractivity contribution in [2.75, 3.05) is 49.5 Å². The Labute approximate surface area is 234 Å². The second-order valence-electron chi connectivity index (χ2n) is 10.4. The molecule has 5 heterocycles. The Morgan fingerprint density at radius 1 is 0.927 bits per heavy atom. The van der Waals surface area contributed by atoms with Gasteiger partial charge < -0.3 is 20.1 Å². The average molecular weight is 566 g/mol. The van der Waals surface area contributed by atoms with Crippen molar-refractivity contribution in [1.82, 2.24) is 34.7 Å². The van der Waals surface area contributed by atoms with Crippen LogP contribution in [0.1, 0.15) is 24.8 Å². The molecule has 0 atom stereocenters. The van der Waals surface area contributed by atoms with Crippen LogP contribution in [0.3, 0.4) is 0 Å². The number of anilines is 3. The Morgan fingerprint density at radius 2 is 1.71 bits per heavy atom. The minimum Gasteiger partial charge on any atom is -0.341 e. The molecule has 2 aliphatic heterocycles. The first-order valence-corrected chi connectivity index (χ1v) is 13.7. The molecule has 2 fully saturated rings. The van der Waals surface area contributed by atoms with Gasteiger partial charge in [0, 0.05) is 63.8 Å². The smallest absolute Gasteiger partial charge is 0.341 e. The SMILES string of the molecule is O=C(CC(F)(F)F)N1CCN(Cc2ccnc(Nc3nc4ccc(-c5ccnc(N6CCCC6)n5)cc4[nH]3)c2)CC1. The fourth-order valence-electron chi connectivity index (χ4n) is 5.27. The van der Waals surface area contributed by atoms with Crippen molar-refractivity contribution in [2.45, 2.75) is 32.0 Å². The fraction of sp³-hybridized carbons (Fsp3) is 0.393. The number of amides is 1. The number of carbonyl (C=O) groups is 1. The first-order valence-electron chi connectivity index (χ1n) is 13.7. The summed E-state index contributed by atoms with van der Waals surface area (Å²) in [5, 5.41) is 3.23. The van der Waals surface area contributed by atoms with E-state index in [0.717, 1.165) is 59.7 Å². The van der Waals surface area contributed by atoms with Crippen molar-refractivity contribution in [3.05, 3.63) is 54.4 Å². The van der Waals surface area contributed by atoms with Crippen LogP contribution in [0.2, 0.25) is 0 Å². The van der Waals surface area contributed by atoms with Gasteiger partial charge in [0.2, 0.25) is 17.8 Å². The lowest BCUT2D eigenvalue weighted by Crippen LogP contribution is -2.49. The molecule has 0 saturated carbocycles.